The van der Waals surface area contributed by atoms with E-state index in [-0.39, 0.29) is 10.8 Å². The molecule has 5 nitrogen and oxygen atoms in total. The molecular formula is C49H38N4O. The minimum Gasteiger partial charge on any atom is -0.456 e. The Morgan fingerprint density at radius 3 is 2.15 bits per heavy atom. The first-order valence-corrected chi connectivity index (χ1v) is 18.8. The van der Waals surface area contributed by atoms with Gasteiger partial charge in [-0.3, -0.25) is 0 Å². The molecule has 3 aliphatic rings. The van der Waals surface area contributed by atoms with Crippen LogP contribution < -0.4 is 5.32 Å². The minimum atomic E-state index is -0.459. The number of nitrogens with one attached hydrogen (secondary N) is 1. The number of benzene rings is 6. The highest BCUT2D eigenvalue weighted by Gasteiger charge is 2.52. The number of aliphatic imine (C=N–C) groups is 2. The Morgan fingerprint density at radius 1 is 0.667 bits per heavy atom. The first kappa shape index (κ1) is 31.1. The minimum absolute atomic E-state index is 0.00736. The Kier molecular flexibility index (Phi) is 6.49. The van der Waals surface area contributed by atoms with Gasteiger partial charge in [0.2, 0.25) is 0 Å². The monoisotopic (exact) mass is 698 g/mol. The number of allylic oxidation sites excluding steroid dienone is 4. The van der Waals surface area contributed by atoms with Crippen molar-refractivity contribution in [3.63, 3.8) is 0 Å². The molecule has 0 bridgehead atoms. The van der Waals surface area contributed by atoms with Crippen molar-refractivity contribution in [2.75, 3.05) is 0 Å². The predicted molar refractivity (Wildman–Crippen MR) is 223 cm³/mol. The van der Waals surface area contributed by atoms with E-state index in [2.05, 4.69) is 146 Å². The highest BCUT2D eigenvalue weighted by Crippen LogP contribution is 2.63. The molecule has 11 rings (SSSR count). The molecule has 8 aromatic rings. The highest BCUT2D eigenvalue weighted by atomic mass is 16.3. The summed E-state index contributed by atoms with van der Waals surface area (Å²) in [5, 5.41) is 8.22. The SMILES string of the molecule is CC12CC=CC=C1c1c(ccc3c1c1ccccc1n3-c1ccc3c(c1)oc1cccc(C4N=C(c5ccccc5)NC(c5ccccc5)=N4)c13)C2(C)C. The normalized spacial score (nSPS) is 19.1. The summed E-state index contributed by atoms with van der Waals surface area (Å²) >= 11 is 0. The maximum atomic E-state index is 6.71. The van der Waals surface area contributed by atoms with E-state index in [1.807, 2.05) is 36.4 Å². The van der Waals surface area contributed by atoms with Gasteiger partial charge < -0.3 is 14.3 Å². The number of aromatic nitrogens is 1. The van der Waals surface area contributed by atoms with Crippen LogP contribution in [0.5, 0.6) is 0 Å². The van der Waals surface area contributed by atoms with Crippen molar-refractivity contribution < 1.29 is 4.42 Å². The van der Waals surface area contributed by atoms with Gasteiger partial charge in [0, 0.05) is 60.8 Å². The van der Waals surface area contributed by atoms with Crippen molar-refractivity contribution in [2.24, 2.45) is 15.4 Å². The third-order valence-corrected chi connectivity index (χ3v) is 12.6. The van der Waals surface area contributed by atoms with E-state index < -0.39 is 6.17 Å². The number of fused-ring (bicyclic) bond motifs is 10. The molecule has 1 atom stereocenters. The topological polar surface area (TPSA) is 54.8 Å². The molecule has 260 valence electrons. The Bertz CT molecular complexity index is 2920. The van der Waals surface area contributed by atoms with Crippen molar-refractivity contribution >= 4 is 61.0 Å². The zero-order valence-corrected chi connectivity index (χ0v) is 30.5. The van der Waals surface area contributed by atoms with Gasteiger partial charge in [0.15, 0.2) is 6.17 Å². The smallest absolute Gasteiger partial charge is 0.170 e. The number of hydrogen-bond donors (Lipinski definition) is 1. The molecule has 0 radical (unpaired) electrons. The summed E-state index contributed by atoms with van der Waals surface area (Å²) in [6.07, 6.45) is 7.53. The van der Waals surface area contributed by atoms with Crippen LogP contribution in [0, 0.1) is 5.41 Å². The fourth-order valence-corrected chi connectivity index (χ4v) is 9.42. The lowest BCUT2D eigenvalue weighted by Gasteiger charge is -2.40. The molecule has 1 unspecified atom stereocenters. The van der Waals surface area contributed by atoms with Crippen molar-refractivity contribution in [2.45, 2.75) is 38.8 Å². The van der Waals surface area contributed by atoms with Gasteiger partial charge in [0.05, 0.1) is 11.0 Å². The molecule has 2 aliphatic carbocycles. The summed E-state index contributed by atoms with van der Waals surface area (Å²) in [6, 6.07) is 47.0. The third kappa shape index (κ3) is 4.27. The lowest BCUT2D eigenvalue weighted by Crippen LogP contribution is -2.36. The fraction of sp³-hybridized carbons (Fsp3) is 0.143. The second-order valence-corrected chi connectivity index (χ2v) is 15.6. The summed E-state index contributed by atoms with van der Waals surface area (Å²) in [7, 11) is 0. The van der Waals surface area contributed by atoms with Gasteiger partial charge in [-0.1, -0.05) is 136 Å². The van der Waals surface area contributed by atoms with Crippen LogP contribution >= 0.6 is 0 Å². The summed E-state index contributed by atoms with van der Waals surface area (Å²) in [6.45, 7) is 7.29. The summed E-state index contributed by atoms with van der Waals surface area (Å²) in [5.74, 6) is 1.59. The van der Waals surface area contributed by atoms with E-state index in [1.54, 1.807) is 0 Å². The van der Waals surface area contributed by atoms with Crippen molar-refractivity contribution in [3.8, 4) is 5.69 Å². The first-order chi connectivity index (χ1) is 26.4. The molecule has 5 heteroatoms. The molecule has 0 saturated carbocycles. The Labute approximate surface area is 313 Å². The van der Waals surface area contributed by atoms with E-state index >= 15 is 0 Å². The zero-order chi connectivity index (χ0) is 36.2. The molecule has 2 aromatic heterocycles. The maximum absolute atomic E-state index is 6.71. The number of furan rings is 1. The van der Waals surface area contributed by atoms with Gasteiger partial charge in [-0.05, 0) is 53.5 Å². The van der Waals surface area contributed by atoms with E-state index in [4.69, 9.17) is 14.4 Å². The van der Waals surface area contributed by atoms with Gasteiger partial charge in [0.25, 0.3) is 0 Å². The lowest BCUT2D eigenvalue weighted by atomic mass is 9.63. The molecule has 0 amide bonds. The molecule has 0 spiro atoms. The van der Waals surface area contributed by atoms with Crippen LogP contribution in [0.2, 0.25) is 0 Å². The Hall–Kier alpha value is -6.46. The van der Waals surface area contributed by atoms with Crippen molar-refractivity contribution in [1.82, 2.24) is 9.88 Å². The maximum Gasteiger partial charge on any atom is 0.170 e. The fourth-order valence-electron chi connectivity index (χ4n) is 9.42. The van der Waals surface area contributed by atoms with Crippen LogP contribution in [0.25, 0.3) is 55.0 Å². The van der Waals surface area contributed by atoms with Crippen molar-refractivity contribution in [1.29, 1.82) is 0 Å². The van der Waals surface area contributed by atoms with E-state index in [0.29, 0.717) is 0 Å². The zero-order valence-electron chi connectivity index (χ0n) is 30.5. The lowest BCUT2D eigenvalue weighted by molar-refractivity contribution is 0.271. The van der Waals surface area contributed by atoms with E-state index in [1.165, 1.54) is 38.5 Å². The quantitative estimate of drug-likeness (QED) is 0.199. The van der Waals surface area contributed by atoms with Crippen LogP contribution in [0.15, 0.2) is 166 Å². The molecule has 0 fully saturated rings. The van der Waals surface area contributed by atoms with Crippen LogP contribution in [-0.4, -0.2) is 16.2 Å². The second kappa shape index (κ2) is 11.3. The standard InChI is InChI=1S/C49H38N4O/c1-48(2)36-26-27-39-43(44(36)37-21-12-13-28-49(37,48)3)33-19-10-11-22-38(33)53(39)32-24-25-34-41(29-32)54-40-23-14-20-35(42(34)40)47-51-45(30-15-6-4-7-16-30)50-46(52-47)31-17-8-5-9-18-31/h4-27,29,47H,28H2,1-3H3,(H,50,51,52). The number of para-hydroxylation sites is 1. The van der Waals surface area contributed by atoms with Gasteiger partial charge in [-0.15, -0.1) is 0 Å². The van der Waals surface area contributed by atoms with Crippen LogP contribution in [0.4, 0.5) is 0 Å². The van der Waals surface area contributed by atoms with Crippen LogP contribution in [0.3, 0.4) is 0 Å². The van der Waals surface area contributed by atoms with Crippen LogP contribution in [0.1, 0.15) is 61.2 Å². The van der Waals surface area contributed by atoms with Gasteiger partial charge in [-0.2, -0.15) is 0 Å². The molecule has 6 aromatic carbocycles. The van der Waals surface area contributed by atoms with Crippen LogP contribution in [-0.2, 0) is 5.41 Å². The molecule has 1 aliphatic heterocycles. The first-order valence-electron chi connectivity index (χ1n) is 18.8. The average molecular weight is 699 g/mol. The van der Waals surface area contributed by atoms with E-state index in [0.717, 1.165) is 62.4 Å². The predicted octanol–water partition coefficient (Wildman–Crippen LogP) is 11.8. The second-order valence-electron chi connectivity index (χ2n) is 15.6. The van der Waals surface area contributed by atoms with E-state index in [9.17, 15) is 0 Å². The summed E-state index contributed by atoms with van der Waals surface area (Å²) in [5.41, 5.74) is 12.5. The van der Waals surface area contributed by atoms with Gasteiger partial charge in [-0.25, -0.2) is 9.98 Å². The number of nitrogens with zero attached hydrogens (tertiary/aromatic N) is 3. The van der Waals surface area contributed by atoms with Crippen molar-refractivity contribution in [3.05, 3.63) is 180 Å². The molecular weight excluding hydrogens is 661 g/mol. The molecule has 54 heavy (non-hydrogen) atoms. The Balaban J connectivity index is 1.10. The average Bonchev–Trinajstić information content (AvgIpc) is 3.82. The van der Waals surface area contributed by atoms with Gasteiger partial charge in [0.1, 0.15) is 22.8 Å². The molecule has 0 saturated heterocycles. The highest BCUT2D eigenvalue weighted by molar-refractivity contribution is 6.18. The number of rotatable bonds is 4. The Morgan fingerprint density at radius 2 is 1.39 bits per heavy atom. The third-order valence-electron chi connectivity index (χ3n) is 12.6. The summed E-state index contributed by atoms with van der Waals surface area (Å²) in [4.78, 5) is 10.4. The molecule has 1 N–H and O–H groups in total. The molecule has 3 heterocycles. The number of hydrogen-bond acceptors (Lipinski definition) is 4. The number of amidine groups is 2. The van der Waals surface area contributed by atoms with Gasteiger partial charge >= 0.3 is 0 Å². The summed E-state index contributed by atoms with van der Waals surface area (Å²) < 4.78 is 9.13. The largest absolute Gasteiger partial charge is 0.456 e.